The number of aryl methyl sites for hydroxylation is 1. The van der Waals surface area contributed by atoms with Crippen molar-refractivity contribution >= 4 is 11.9 Å². The zero-order valence-corrected chi connectivity index (χ0v) is 19.6. The molecule has 1 aliphatic rings. The van der Waals surface area contributed by atoms with Crippen LogP contribution in [0.4, 0.5) is 10.3 Å². The maximum Gasteiger partial charge on any atom is 0.254 e. The number of aliphatic hydroxyl groups is 1. The molecule has 0 radical (unpaired) electrons. The third-order valence-corrected chi connectivity index (χ3v) is 5.93. The summed E-state index contributed by atoms with van der Waals surface area (Å²) in [5.41, 5.74) is 0.654. The number of benzene rings is 1. The number of halogens is 1. The van der Waals surface area contributed by atoms with Crippen molar-refractivity contribution < 1.29 is 23.6 Å². The fraction of sp³-hybridized carbons (Fsp3) is 0.458. The summed E-state index contributed by atoms with van der Waals surface area (Å²) in [6, 6.07) is 4.20. The van der Waals surface area contributed by atoms with Crippen LogP contribution in [0.1, 0.15) is 41.9 Å². The summed E-state index contributed by atoms with van der Waals surface area (Å²) in [4.78, 5) is 27.1. The Kier molecular flexibility index (Phi) is 8.19. The average molecular weight is 485 g/mol. The summed E-state index contributed by atoms with van der Waals surface area (Å²) in [7, 11) is 0. The van der Waals surface area contributed by atoms with Gasteiger partial charge in [0.15, 0.2) is 0 Å². The summed E-state index contributed by atoms with van der Waals surface area (Å²) in [6.07, 6.45) is 7.40. The van der Waals surface area contributed by atoms with Gasteiger partial charge in [0.2, 0.25) is 17.7 Å². The number of anilines is 1. The van der Waals surface area contributed by atoms with Crippen LogP contribution in [0, 0.1) is 18.7 Å². The number of hydrogen-bond donors (Lipinski definition) is 2. The van der Waals surface area contributed by atoms with E-state index in [1.165, 1.54) is 12.1 Å². The van der Waals surface area contributed by atoms with Crippen molar-refractivity contribution in [1.82, 2.24) is 25.4 Å². The summed E-state index contributed by atoms with van der Waals surface area (Å²) in [5.74, 6) is 1.47. The SMILES string of the molecule is Cc1nc(-c2cnc(N3CCC(CCCOc4ccc(C(=O)NCCO)c(F)c4)CC3)nc2)no1. The van der Waals surface area contributed by atoms with E-state index in [2.05, 4.69) is 30.3 Å². The van der Waals surface area contributed by atoms with Crippen LogP contribution in [0.2, 0.25) is 0 Å². The maximum atomic E-state index is 14.2. The molecule has 3 heterocycles. The number of carbonyl (C=O) groups is 1. The van der Waals surface area contributed by atoms with E-state index < -0.39 is 11.7 Å². The van der Waals surface area contributed by atoms with Crippen molar-refractivity contribution in [3.05, 3.63) is 47.9 Å². The molecule has 1 fully saturated rings. The first-order chi connectivity index (χ1) is 17.0. The van der Waals surface area contributed by atoms with Gasteiger partial charge >= 0.3 is 0 Å². The molecule has 4 rings (SSSR count). The molecule has 0 atom stereocenters. The van der Waals surface area contributed by atoms with Gasteiger partial charge in [-0.05, 0) is 43.7 Å². The topological polar surface area (TPSA) is 126 Å². The van der Waals surface area contributed by atoms with E-state index in [9.17, 15) is 9.18 Å². The Morgan fingerprint density at radius 1 is 1.29 bits per heavy atom. The Hall–Kier alpha value is -3.60. The second kappa shape index (κ2) is 11.7. The molecule has 1 saturated heterocycles. The van der Waals surface area contributed by atoms with Crippen LogP contribution in [0.5, 0.6) is 5.75 Å². The van der Waals surface area contributed by atoms with Crippen molar-refractivity contribution in [1.29, 1.82) is 0 Å². The predicted octanol–water partition coefficient (Wildman–Crippen LogP) is 2.77. The molecule has 1 aromatic carbocycles. The maximum absolute atomic E-state index is 14.2. The molecule has 2 N–H and O–H groups in total. The van der Waals surface area contributed by atoms with Crippen LogP contribution < -0.4 is 15.0 Å². The molecule has 2 aromatic heterocycles. The minimum Gasteiger partial charge on any atom is -0.493 e. The lowest BCUT2D eigenvalue weighted by atomic mass is 9.92. The van der Waals surface area contributed by atoms with Crippen LogP contribution in [0.15, 0.2) is 35.1 Å². The molecule has 1 aliphatic heterocycles. The van der Waals surface area contributed by atoms with Crippen LogP contribution in [-0.2, 0) is 0 Å². The first-order valence-electron chi connectivity index (χ1n) is 11.7. The molecule has 0 bridgehead atoms. The molecule has 35 heavy (non-hydrogen) atoms. The Labute approximate surface area is 202 Å². The minimum absolute atomic E-state index is 0.0684. The number of ether oxygens (including phenoxy) is 1. The Bertz CT molecular complexity index is 1120. The number of hydrogen-bond acceptors (Lipinski definition) is 9. The first-order valence-corrected chi connectivity index (χ1v) is 11.7. The van der Waals surface area contributed by atoms with Crippen molar-refractivity contribution in [3.8, 4) is 17.1 Å². The predicted molar refractivity (Wildman–Crippen MR) is 126 cm³/mol. The largest absolute Gasteiger partial charge is 0.493 e. The highest BCUT2D eigenvalue weighted by Gasteiger charge is 2.21. The molecule has 11 heteroatoms. The van der Waals surface area contributed by atoms with E-state index >= 15 is 0 Å². The van der Waals surface area contributed by atoms with Gasteiger partial charge < -0.3 is 24.6 Å². The van der Waals surface area contributed by atoms with E-state index in [0.29, 0.717) is 35.9 Å². The van der Waals surface area contributed by atoms with Gasteiger partial charge in [0.1, 0.15) is 11.6 Å². The number of aromatic nitrogens is 4. The summed E-state index contributed by atoms with van der Waals surface area (Å²) in [5, 5.41) is 15.1. The van der Waals surface area contributed by atoms with Crippen LogP contribution >= 0.6 is 0 Å². The van der Waals surface area contributed by atoms with Gasteiger partial charge in [-0.3, -0.25) is 4.79 Å². The summed E-state index contributed by atoms with van der Waals surface area (Å²) in [6.45, 7) is 3.88. The average Bonchev–Trinajstić information content (AvgIpc) is 3.32. The lowest BCUT2D eigenvalue weighted by Crippen LogP contribution is -2.34. The Morgan fingerprint density at radius 3 is 2.71 bits per heavy atom. The molecular weight excluding hydrogens is 455 g/mol. The number of amides is 1. The fourth-order valence-corrected chi connectivity index (χ4v) is 4.03. The summed E-state index contributed by atoms with van der Waals surface area (Å²) < 4.78 is 24.9. The number of aliphatic hydroxyl groups excluding tert-OH is 1. The van der Waals surface area contributed by atoms with Crippen molar-refractivity contribution in [2.24, 2.45) is 5.92 Å². The number of piperidine rings is 1. The van der Waals surface area contributed by atoms with Crippen molar-refractivity contribution in [2.45, 2.75) is 32.6 Å². The van der Waals surface area contributed by atoms with Gasteiger partial charge in [-0.15, -0.1) is 0 Å². The van der Waals surface area contributed by atoms with Gasteiger partial charge in [-0.1, -0.05) is 5.16 Å². The molecule has 0 spiro atoms. The molecule has 0 aliphatic carbocycles. The highest BCUT2D eigenvalue weighted by molar-refractivity contribution is 5.94. The van der Waals surface area contributed by atoms with Crippen molar-refractivity contribution in [2.75, 3.05) is 37.7 Å². The molecule has 186 valence electrons. The van der Waals surface area contributed by atoms with E-state index in [0.717, 1.165) is 44.3 Å². The molecule has 1 amide bonds. The third kappa shape index (κ3) is 6.50. The van der Waals surface area contributed by atoms with Gasteiger partial charge in [-0.25, -0.2) is 14.4 Å². The van der Waals surface area contributed by atoms with Gasteiger partial charge in [0.25, 0.3) is 5.91 Å². The Balaban J connectivity index is 1.17. The number of nitrogens with zero attached hydrogens (tertiary/aromatic N) is 5. The normalized spacial score (nSPS) is 14.2. The molecule has 0 unspecified atom stereocenters. The molecular formula is C24H29FN6O4. The molecule has 0 saturated carbocycles. The number of nitrogens with one attached hydrogen (secondary N) is 1. The smallest absolute Gasteiger partial charge is 0.254 e. The van der Waals surface area contributed by atoms with Crippen LogP contribution in [0.3, 0.4) is 0 Å². The van der Waals surface area contributed by atoms with Crippen LogP contribution in [0.25, 0.3) is 11.4 Å². The van der Waals surface area contributed by atoms with E-state index in [1.807, 2.05) is 0 Å². The second-order valence-electron chi connectivity index (χ2n) is 8.45. The quantitative estimate of drug-likeness (QED) is 0.418. The number of rotatable bonds is 10. The van der Waals surface area contributed by atoms with Crippen LogP contribution in [-0.4, -0.2) is 64.0 Å². The minimum atomic E-state index is -0.645. The molecule has 3 aromatic rings. The Morgan fingerprint density at radius 2 is 2.06 bits per heavy atom. The highest BCUT2D eigenvalue weighted by Crippen LogP contribution is 2.25. The van der Waals surface area contributed by atoms with E-state index in [4.69, 9.17) is 14.4 Å². The third-order valence-electron chi connectivity index (χ3n) is 5.93. The second-order valence-corrected chi connectivity index (χ2v) is 8.45. The van der Waals surface area contributed by atoms with E-state index in [-0.39, 0.29) is 18.7 Å². The molecule has 10 nitrogen and oxygen atoms in total. The zero-order valence-electron chi connectivity index (χ0n) is 19.6. The van der Waals surface area contributed by atoms with Gasteiger partial charge in [-0.2, -0.15) is 4.98 Å². The highest BCUT2D eigenvalue weighted by atomic mass is 19.1. The number of carbonyl (C=O) groups excluding carboxylic acids is 1. The standard InChI is InChI=1S/C24H29FN6O4/c1-16-29-22(30-35-16)18-14-27-24(28-15-18)31-9-6-17(7-10-31)3-2-12-34-19-4-5-20(21(25)13-19)23(33)26-8-11-32/h4-5,13-15,17,32H,2-3,6-12H2,1H3,(H,26,33). The summed E-state index contributed by atoms with van der Waals surface area (Å²) >= 11 is 0. The van der Waals surface area contributed by atoms with Gasteiger partial charge in [0.05, 0.1) is 24.3 Å². The lowest BCUT2D eigenvalue weighted by molar-refractivity contribution is 0.0940. The lowest BCUT2D eigenvalue weighted by Gasteiger charge is -2.32. The fourth-order valence-electron chi connectivity index (χ4n) is 4.03. The van der Waals surface area contributed by atoms with Gasteiger partial charge in [0, 0.05) is 45.0 Å². The van der Waals surface area contributed by atoms with E-state index in [1.54, 1.807) is 25.4 Å². The zero-order chi connectivity index (χ0) is 24.6. The first kappa shape index (κ1) is 24.5. The van der Waals surface area contributed by atoms with Crippen molar-refractivity contribution in [3.63, 3.8) is 0 Å². The monoisotopic (exact) mass is 484 g/mol.